The first-order valence-electron chi connectivity index (χ1n) is 12.0. The molecule has 4 N–H and O–H groups in total. The molecule has 3 rings (SSSR count). The topological polar surface area (TPSA) is 114 Å². The van der Waals surface area contributed by atoms with Gasteiger partial charge in [-0.2, -0.15) is 26.3 Å². The van der Waals surface area contributed by atoms with Crippen molar-refractivity contribution in [3.05, 3.63) is 64.2 Å². The molecule has 0 bridgehead atoms. The number of benzene rings is 2. The van der Waals surface area contributed by atoms with Crippen LogP contribution in [0.2, 0.25) is 5.02 Å². The predicted molar refractivity (Wildman–Crippen MR) is 136 cm³/mol. The van der Waals surface area contributed by atoms with Crippen LogP contribution < -0.4 is 16.4 Å². The van der Waals surface area contributed by atoms with Crippen molar-refractivity contribution in [2.45, 2.75) is 51.1 Å². The largest absolute Gasteiger partial charge is 0.389 e. The van der Waals surface area contributed by atoms with Gasteiger partial charge in [-0.25, -0.2) is 4.99 Å². The van der Waals surface area contributed by atoms with Crippen molar-refractivity contribution in [1.29, 1.82) is 0 Å². The number of carbonyl (C=O) groups excluding carboxylic acids is 3. The number of rotatable bonds is 9. The Balaban J connectivity index is 2.02. The fraction of sp³-hybridized carbons (Fsp3) is 0.385. The van der Waals surface area contributed by atoms with Gasteiger partial charge in [0.2, 0.25) is 18.0 Å². The van der Waals surface area contributed by atoms with E-state index in [0.29, 0.717) is 27.4 Å². The van der Waals surface area contributed by atoms with Crippen molar-refractivity contribution in [1.82, 2.24) is 5.32 Å². The van der Waals surface area contributed by atoms with Gasteiger partial charge in [0.05, 0.1) is 11.4 Å². The number of aryl methyl sites for hydroxylation is 1. The molecule has 14 heteroatoms. The number of hydrogen-bond donors (Lipinski definition) is 3. The highest BCUT2D eigenvalue weighted by atomic mass is 35.5. The van der Waals surface area contributed by atoms with Crippen LogP contribution in [0.5, 0.6) is 0 Å². The summed E-state index contributed by atoms with van der Waals surface area (Å²) in [4.78, 5) is 42.8. The predicted octanol–water partition coefficient (Wildman–Crippen LogP) is 5.28. The molecule has 0 aliphatic carbocycles. The van der Waals surface area contributed by atoms with Crippen LogP contribution in [-0.4, -0.2) is 42.0 Å². The molecule has 2 aromatic carbocycles. The molecule has 2 aromatic rings. The number of anilines is 1. The lowest BCUT2D eigenvalue weighted by molar-refractivity contribution is -0.152. The number of amides is 3. The van der Waals surface area contributed by atoms with Crippen molar-refractivity contribution in [3.8, 4) is 0 Å². The van der Waals surface area contributed by atoms with Gasteiger partial charge in [-0.1, -0.05) is 41.9 Å². The standard InChI is InChI=1S/C26H25ClF6N4O3/c1-13-4-2-7-18-19(13)36-24(40)22(35-20(18)14-5-3-6-15(27)12-14)37-23(39)17(9-11-26(31,32)33)16(21(34)38)8-10-25(28,29)30/h2-7,12,16-17,22H,8-11H2,1H3,(H2,34,38)(H,36,40)(H,37,39)/t16-,17+,22-/m1/s1. The molecule has 0 spiro atoms. The number of nitrogens with one attached hydrogen (secondary N) is 2. The Morgan fingerprint density at radius 3 is 2.20 bits per heavy atom. The maximum atomic E-state index is 13.3. The molecular formula is C26H25ClF6N4O3. The Hall–Kier alpha value is -3.61. The van der Waals surface area contributed by atoms with Crippen LogP contribution in [0.1, 0.15) is 42.4 Å². The Morgan fingerprint density at radius 2 is 1.62 bits per heavy atom. The number of alkyl halides is 6. The first-order chi connectivity index (χ1) is 18.6. The lowest BCUT2D eigenvalue weighted by Gasteiger charge is -2.26. The van der Waals surface area contributed by atoms with E-state index < -0.39 is 73.8 Å². The van der Waals surface area contributed by atoms with E-state index in [-0.39, 0.29) is 5.71 Å². The maximum absolute atomic E-state index is 13.3. The third-order valence-electron chi connectivity index (χ3n) is 6.33. The second kappa shape index (κ2) is 12.3. The number of aliphatic imine (C=N–C) groups is 1. The van der Waals surface area contributed by atoms with Crippen molar-refractivity contribution >= 4 is 40.7 Å². The molecule has 0 saturated heterocycles. The Labute approximate surface area is 230 Å². The zero-order valence-corrected chi connectivity index (χ0v) is 21.8. The van der Waals surface area contributed by atoms with E-state index in [0.717, 1.165) is 0 Å². The van der Waals surface area contributed by atoms with Gasteiger partial charge < -0.3 is 16.4 Å². The maximum Gasteiger partial charge on any atom is 0.389 e. The van der Waals surface area contributed by atoms with Crippen LogP contribution in [-0.2, 0) is 14.4 Å². The molecular weight excluding hydrogens is 566 g/mol. The minimum atomic E-state index is -4.78. The van der Waals surface area contributed by atoms with Gasteiger partial charge >= 0.3 is 12.4 Å². The minimum Gasteiger partial charge on any atom is -0.369 e. The molecule has 0 fully saturated rings. The number of halogens is 7. The fourth-order valence-corrected chi connectivity index (χ4v) is 4.57. The molecule has 0 saturated carbocycles. The Bertz CT molecular complexity index is 1310. The summed E-state index contributed by atoms with van der Waals surface area (Å²) < 4.78 is 77.7. The Morgan fingerprint density at radius 1 is 1.02 bits per heavy atom. The minimum absolute atomic E-state index is 0.209. The van der Waals surface area contributed by atoms with Gasteiger partial charge in [-0.05, 0) is 37.5 Å². The third kappa shape index (κ3) is 8.20. The first kappa shape index (κ1) is 30.9. The summed E-state index contributed by atoms with van der Waals surface area (Å²) in [7, 11) is 0. The summed E-state index contributed by atoms with van der Waals surface area (Å²) in [6, 6.07) is 11.5. The lowest BCUT2D eigenvalue weighted by Crippen LogP contribution is -2.48. The smallest absolute Gasteiger partial charge is 0.369 e. The summed E-state index contributed by atoms with van der Waals surface area (Å²) >= 11 is 6.13. The SMILES string of the molecule is Cc1cccc2c1NC(=O)[C@@H](NC(=O)[C@@H](CCC(F)(F)F)[C@@H](CCC(F)(F)F)C(N)=O)N=C2c1cccc(Cl)c1. The zero-order valence-electron chi connectivity index (χ0n) is 21.0. The van der Waals surface area contributed by atoms with Crippen LogP contribution in [0.4, 0.5) is 32.0 Å². The number of nitrogens with two attached hydrogens (primary N) is 1. The number of nitrogens with zero attached hydrogens (tertiary/aromatic N) is 1. The van der Waals surface area contributed by atoms with Gasteiger partial charge in [0.15, 0.2) is 0 Å². The molecule has 7 nitrogen and oxygen atoms in total. The average Bonchev–Trinajstić information content (AvgIpc) is 2.97. The highest BCUT2D eigenvalue weighted by Crippen LogP contribution is 2.33. The van der Waals surface area contributed by atoms with Gasteiger partial charge in [0.25, 0.3) is 5.91 Å². The molecule has 216 valence electrons. The Kier molecular flexibility index (Phi) is 9.49. The van der Waals surface area contributed by atoms with E-state index in [4.69, 9.17) is 17.3 Å². The number of para-hydroxylation sites is 1. The van der Waals surface area contributed by atoms with Crippen molar-refractivity contribution in [2.75, 3.05) is 5.32 Å². The molecule has 1 aliphatic heterocycles. The van der Waals surface area contributed by atoms with E-state index in [9.17, 15) is 40.7 Å². The summed E-state index contributed by atoms with van der Waals surface area (Å²) in [5.74, 6) is -7.29. The molecule has 0 unspecified atom stereocenters. The molecule has 1 aliphatic rings. The van der Waals surface area contributed by atoms with Gasteiger partial charge in [-0.15, -0.1) is 0 Å². The van der Waals surface area contributed by atoms with Gasteiger partial charge in [0, 0.05) is 40.8 Å². The quantitative estimate of drug-likeness (QED) is 0.345. The number of fused-ring (bicyclic) bond motifs is 1. The summed E-state index contributed by atoms with van der Waals surface area (Å²) in [5, 5.41) is 5.18. The molecule has 3 atom stereocenters. The van der Waals surface area contributed by atoms with Crippen LogP contribution in [0.3, 0.4) is 0 Å². The molecule has 40 heavy (non-hydrogen) atoms. The van der Waals surface area contributed by atoms with Crippen LogP contribution in [0.25, 0.3) is 0 Å². The molecule has 0 aromatic heterocycles. The molecule has 1 heterocycles. The van der Waals surface area contributed by atoms with E-state index in [1.807, 2.05) is 0 Å². The van der Waals surface area contributed by atoms with Gasteiger partial charge in [-0.3, -0.25) is 14.4 Å². The van der Waals surface area contributed by atoms with Crippen LogP contribution in [0, 0.1) is 18.8 Å². The highest BCUT2D eigenvalue weighted by Gasteiger charge is 2.40. The normalized spacial score (nSPS) is 17.1. The van der Waals surface area contributed by atoms with E-state index in [1.54, 1.807) is 49.4 Å². The van der Waals surface area contributed by atoms with E-state index in [2.05, 4.69) is 15.6 Å². The number of hydrogen-bond acceptors (Lipinski definition) is 4. The van der Waals surface area contributed by atoms with Crippen LogP contribution in [0.15, 0.2) is 47.5 Å². The summed E-state index contributed by atoms with van der Waals surface area (Å²) in [5.41, 5.74) is 7.34. The summed E-state index contributed by atoms with van der Waals surface area (Å²) in [6.07, 6.45) is -16.4. The second-order valence-corrected chi connectivity index (χ2v) is 9.75. The first-order valence-corrected chi connectivity index (χ1v) is 12.4. The average molecular weight is 591 g/mol. The van der Waals surface area contributed by atoms with Crippen molar-refractivity contribution in [3.63, 3.8) is 0 Å². The lowest BCUT2D eigenvalue weighted by atomic mass is 9.83. The monoisotopic (exact) mass is 590 g/mol. The molecule has 0 radical (unpaired) electrons. The van der Waals surface area contributed by atoms with Gasteiger partial charge in [0.1, 0.15) is 0 Å². The van der Waals surface area contributed by atoms with Crippen molar-refractivity contribution < 1.29 is 40.7 Å². The molecule has 3 amide bonds. The van der Waals surface area contributed by atoms with Crippen LogP contribution >= 0.6 is 11.6 Å². The summed E-state index contributed by atoms with van der Waals surface area (Å²) in [6.45, 7) is 1.71. The zero-order chi connectivity index (χ0) is 29.8. The van der Waals surface area contributed by atoms with E-state index >= 15 is 0 Å². The third-order valence-corrected chi connectivity index (χ3v) is 6.56. The van der Waals surface area contributed by atoms with Crippen molar-refractivity contribution in [2.24, 2.45) is 22.6 Å². The van der Waals surface area contributed by atoms with E-state index in [1.165, 1.54) is 0 Å². The second-order valence-electron chi connectivity index (χ2n) is 9.31. The number of primary amides is 1. The number of carbonyl (C=O) groups is 3. The highest BCUT2D eigenvalue weighted by molar-refractivity contribution is 6.31. The number of benzodiazepines with no additional fused rings is 1. The fourth-order valence-electron chi connectivity index (χ4n) is 4.38.